The van der Waals surface area contributed by atoms with Gasteiger partial charge in [-0.3, -0.25) is 0 Å². The minimum atomic E-state index is 0.619. The van der Waals surface area contributed by atoms with Crippen LogP contribution >= 0.6 is 27.7 Å². The minimum absolute atomic E-state index is 0.619. The fourth-order valence-electron chi connectivity index (χ4n) is 1.09. The maximum absolute atomic E-state index is 5.68. The van der Waals surface area contributed by atoms with Crippen LogP contribution in [0.15, 0.2) is 27.6 Å². The van der Waals surface area contributed by atoms with Crippen LogP contribution in [0.2, 0.25) is 0 Å². The Morgan fingerprint density at radius 3 is 2.71 bits per heavy atom. The van der Waals surface area contributed by atoms with Crippen LogP contribution in [0.4, 0.5) is 0 Å². The van der Waals surface area contributed by atoms with E-state index < -0.39 is 0 Å². The molecule has 0 aliphatic carbocycles. The monoisotopic (exact) mass is 273 g/mol. The molecule has 0 bridgehead atoms. The van der Waals surface area contributed by atoms with E-state index in [0.29, 0.717) is 12.5 Å². The predicted octanol–water partition coefficient (Wildman–Crippen LogP) is 3.66. The van der Waals surface area contributed by atoms with E-state index in [4.69, 9.17) is 5.73 Å². The van der Waals surface area contributed by atoms with E-state index in [2.05, 4.69) is 41.9 Å². The molecule has 0 heterocycles. The normalized spacial score (nSPS) is 10.9. The topological polar surface area (TPSA) is 26.0 Å². The average molecular weight is 274 g/mol. The number of thioether (sulfide) groups is 1. The first kappa shape index (κ1) is 12.1. The Balaban J connectivity index is 2.77. The van der Waals surface area contributed by atoms with Gasteiger partial charge in [-0.1, -0.05) is 35.8 Å². The second-order valence-corrected chi connectivity index (χ2v) is 5.64. The van der Waals surface area contributed by atoms with Crippen LogP contribution in [0.25, 0.3) is 0 Å². The van der Waals surface area contributed by atoms with Gasteiger partial charge < -0.3 is 5.73 Å². The van der Waals surface area contributed by atoms with Crippen molar-refractivity contribution in [1.29, 1.82) is 0 Å². The molecule has 0 aromatic heterocycles. The molecule has 0 radical (unpaired) electrons. The van der Waals surface area contributed by atoms with Gasteiger partial charge >= 0.3 is 0 Å². The van der Waals surface area contributed by atoms with Gasteiger partial charge in [0.25, 0.3) is 0 Å². The van der Waals surface area contributed by atoms with Crippen LogP contribution in [0.5, 0.6) is 0 Å². The van der Waals surface area contributed by atoms with E-state index in [1.807, 2.05) is 17.8 Å². The summed E-state index contributed by atoms with van der Waals surface area (Å²) in [6, 6.07) is 6.28. The first-order chi connectivity index (χ1) is 6.63. The number of benzene rings is 1. The summed E-state index contributed by atoms with van der Waals surface area (Å²) in [6.45, 7) is 5.08. The molecule has 0 atom stereocenters. The smallest absolute Gasteiger partial charge is 0.0189 e. The molecule has 3 heteroatoms. The lowest BCUT2D eigenvalue weighted by molar-refractivity contribution is 0.750. The zero-order valence-corrected chi connectivity index (χ0v) is 11.0. The van der Waals surface area contributed by atoms with Crippen LogP contribution < -0.4 is 5.73 Å². The molecule has 1 rings (SSSR count). The lowest BCUT2D eigenvalue weighted by Gasteiger charge is -2.09. The Labute approximate surface area is 98.6 Å². The molecule has 0 aliphatic rings. The SMILES string of the molecule is CC(C)CSc1cc(Br)ccc1CN. The Morgan fingerprint density at radius 2 is 2.14 bits per heavy atom. The van der Waals surface area contributed by atoms with Gasteiger partial charge in [-0.15, -0.1) is 11.8 Å². The summed E-state index contributed by atoms with van der Waals surface area (Å²) < 4.78 is 1.13. The largest absolute Gasteiger partial charge is 0.326 e. The van der Waals surface area contributed by atoms with Gasteiger partial charge in [-0.25, -0.2) is 0 Å². The molecule has 0 amide bonds. The highest BCUT2D eigenvalue weighted by Crippen LogP contribution is 2.27. The van der Waals surface area contributed by atoms with Crippen LogP contribution in [0.1, 0.15) is 19.4 Å². The van der Waals surface area contributed by atoms with Crippen molar-refractivity contribution in [2.45, 2.75) is 25.3 Å². The van der Waals surface area contributed by atoms with Crippen LogP contribution in [-0.2, 0) is 6.54 Å². The second-order valence-electron chi connectivity index (χ2n) is 3.66. The molecule has 1 aromatic carbocycles. The summed E-state index contributed by atoms with van der Waals surface area (Å²) in [7, 11) is 0. The van der Waals surface area contributed by atoms with Crippen molar-refractivity contribution in [2.24, 2.45) is 11.7 Å². The predicted molar refractivity (Wildman–Crippen MR) is 67.6 cm³/mol. The van der Waals surface area contributed by atoms with Crippen molar-refractivity contribution < 1.29 is 0 Å². The summed E-state index contributed by atoms with van der Waals surface area (Å²) >= 11 is 5.36. The number of nitrogens with two attached hydrogens (primary N) is 1. The maximum atomic E-state index is 5.68. The first-order valence-corrected chi connectivity index (χ1v) is 6.52. The Morgan fingerprint density at radius 1 is 1.43 bits per heavy atom. The van der Waals surface area contributed by atoms with E-state index in [1.54, 1.807) is 0 Å². The third-order valence-corrected chi connectivity index (χ3v) is 3.84. The second kappa shape index (κ2) is 5.79. The quantitative estimate of drug-likeness (QED) is 0.848. The highest BCUT2D eigenvalue weighted by Gasteiger charge is 2.03. The van der Waals surface area contributed by atoms with E-state index in [-0.39, 0.29) is 0 Å². The minimum Gasteiger partial charge on any atom is -0.326 e. The highest BCUT2D eigenvalue weighted by molar-refractivity contribution is 9.10. The molecule has 0 fully saturated rings. The van der Waals surface area contributed by atoms with Gasteiger partial charge in [0.1, 0.15) is 0 Å². The molecular weight excluding hydrogens is 258 g/mol. The van der Waals surface area contributed by atoms with Gasteiger partial charge in [-0.05, 0) is 23.6 Å². The molecule has 2 N–H and O–H groups in total. The highest BCUT2D eigenvalue weighted by atomic mass is 79.9. The molecule has 0 aliphatic heterocycles. The van der Waals surface area contributed by atoms with E-state index >= 15 is 0 Å². The fraction of sp³-hybridized carbons (Fsp3) is 0.455. The van der Waals surface area contributed by atoms with Crippen molar-refractivity contribution in [2.75, 3.05) is 5.75 Å². The summed E-state index contributed by atoms with van der Waals surface area (Å²) in [5, 5.41) is 0. The standard InChI is InChI=1S/C11H16BrNS/c1-8(2)7-14-11-5-10(12)4-3-9(11)6-13/h3-5,8H,6-7,13H2,1-2H3. The van der Waals surface area contributed by atoms with Gasteiger partial charge in [0.2, 0.25) is 0 Å². The van der Waals surface area contributed by atoms with Gasteiger partial charge in [-0.2, -0.15) is 0 Å². The number of rotatable bonds is 4. The van der Waals surface area contributed by atoms with Crippen molar-refractivity contribution in [3.63, 3.8) is 0 Å². The van der Waals surface area contributed by atoms with Gasteiger partial charge in [0, 0.05) is 21.7 Å². The summed E-state index contributed by atoms with van der Waals surface area (Å²) in [4.78, 5) is 1.30. The third-order valence-electron chi connectivity index (χ3n) is 1.82. The number of hydrogen-bond donors (Lipinski definition) is 1. The van der Waals surface area contributed by atoms with E-state index in [1.165, 1.54) is 10.5 Å². The van der Waals surface area contributed by atoms with Crippen molar-refractivity contribution in [1.82, 2.24) is 0 Å². The number of halogens is 1. The summed E-state index contributed by atoms with van der Waals surface area (Å²) in [5.74, 6) is 1.85. The first-order valence-electron chi connectivity index (χ1n) is 4.74. The summed E-state index contributed by atoms with van der Waals surface area (Å²) in [5.41, 5.74) is 6.91. The van der Waals surface area contributed by atoms with Gasteiger partial charge in [0.05, 0.1) is 0 Å². The van der Waals surface area contributed by atoms with E-state index in [9.17, 15) is 0 Å². The fourth-order valence-corrected chi connectivity index (χ4v) is 2.66. The molecule has 0 spiro atoms. The molecule has 0 saturated carbocycles. The Kier molecular flexibility index (Phi) is 4.99. The maximum Gasteiger partial charge on any atom is 0.0189 e. The number of hydrogen-bond acceptors (Lipinski definition) is 2. The zero-order chi connectivity index (χ0) is 10.6. The van der Waals surface area contributed by atoms with Crippen LogP contribution in [0.3, 0.4) is 0 Å². The van der Waals surface area contributed by atoms with Crippen molar-refractivity contribution in [3.8, 4) is 0 Å². The molecule has 1 nitrogen and oxygen atoms in total. The van der Waals surface area contributed by atoms with Crippen molar-refractivity contribution >= 4 is 27.7 Å². The van der Waals surface area contributed by atoms with Gasteiger partial charge in [0.15, 0.2) is 0 Å². The zero-order valence-electron chi connectivity index (χ0n) is 8.59. The lowest BCUT2D eigenvalue weighted by atomic mass is 10.2. The van der Waals surface area contributed by atoms with Crippen LogP contribution in [0, 0.1) is 5.92 Å². The Bertz CT molecular complexity index is 299. The van der Waals surface area contributed by atoms with Crippen molar-refractivity contribution in [3.05, 3.63) is 28.2 Å². The molecule has 78 valence electrons. The lowest BCUT2D eigenvalue weighted by Crippen LogP contribution is -1.99. The Hall–Kier alpha value is 0.01000. The molecular formula is C11H16BrNS. The molecule has 0 saturated heterocycles. The van der Waals surface area contributed by atoms with Crippen LogP contribution in [-0.4, -0.2) is 5.75 Å². The third kappa shape index (κ3) is 3.64. The molecule has 14 heavy (non-hydrogen) atoms. The molecule has 0 unspecified atom stereocenters. The average Bonchev–Trinajstić information content (AvgIpc) is 2.15. The van der Waals surface area contributed by atoms with E-state index in [0.717, 1.165) is 10.2 Å². The molecule has 1 aromatic rings. The summed E-state index contributed by atoms with van der Waals surface area (Å²) in [6.07, 6.45) is 0.